The van der Waals surface area contributed by atoms with Crippen LogP contribution in [0.3, 0.4) is 0 Å². The summed E-state index contributed by atoms with van der Waals surface area (Å²) in [5.41, 5.74) is 2.45. The first kappa shape index (κ1) is 18.8. The smallest absolute Gasteiger partial charge is 0.257 e. The van der Waals surface area contributed by atoms with Crippen LogP contribution in [-0.4, -0.2) is 32.7 Å². The van der Waals surface area contributed by atoms with Gasteiger partial charge in [-0.3, -0.25) is 4.79 Å². The Hall–Kier alpha value is -2.49. The monoisotopic (exact) mass is 340 g/mol. The van der Waals surface area contributed by atoms with Gasteiger partial charge >= 0.3 is 0 Å². The molecule has 0 aliphatic heterocycles. The number of nitrogens with one attached hydrogen (secondary N) is 1. The molecular formula is C21H28N2O2. The molecule has 2 aromatic rings. The molecule has 1 N–H and O–H groups in total. The van der Waals surface area contributed by atoms with E-state index in [9.17, 15) is 4.79 Å². The van der Waals surface area contributed by atoms with E-state index in [-0.39, 0.29) is 12.5 Å². The van der Waals surface area contributed by atoms with E-state index in [4.69, 9.17) is 4.74 Å². The van der Waals surface area contributed by atoms with Gasteiger partial charge in [-0.1, -0.05) is 44.2 Å². The van der Waals surface area contributed by atoms with Gasteiger partial charge < -0.3 is 15.0 Å². The molecule has 0 heterocycles. The van der Waals surface area contributed by atoms with Crippen molar-refractivity contribution in [3.8, 4) is 5.75 Å². The van der Waals surface area contributed by atoms with Crippen molar-refractivity contribution in [3.05, 3.63) is 60.2 Å². The van der Waals surface area contributed by atoms with E-state index >= 15 is 0 Å². The molecule has 0 fully saturated rings. The minimum absolute atomic E-state index is 0.0511. The summed E-state index contributed by atoms with van der Waals surface area (Å²) in [6.07, 6.45) is 0.889. The van der Waals surface area contributed by atoms with Crippen LogP contribution in [0.15, 0.2) is 54.6 Å². The molecule has 0 aromatic heterocycles. The van der Waals surface area contributed by atoms with Crippen molar-refractivity contribution in [2.45, 2.75) is 26.2 Å². The number of hydrogen-bond acceptors (Lipinski definition) is 3. The summed E-state index contributed by atoms with van der Waals surface area (Å²) < 4.78 is 5.53. The number of para-hydroxylation sites is 1. The molecule has 0 radical (unpaired) electrons. The van der Waals surface area contributed by atoms with Gasteiger partial charge in [0.25, 0.3) is 5.91 Å². The molecule has 0 aliphatic rings. The second-order valence-electron chi connectivity index (χ2n) is 6.47. The zero-order chi connectivity index (χ0) is 18.1. The summed E-state index contributed by atoms with van der Waals surface area (Å²) in [7, 11) is 2.06. The zero-order valence-corrected chi connectivity index (χ0v) is 15.4. The lowest BCUT2D eigenvalue weighted by Gasteiger charge is -2.19. The van der Waals surface area contributed by atoms with Crippen molar-refractivity contribution in [3.63, 3.8) is 0 Å². The second-order valence-corrected chi connectivity index (χ2v) is 6.47. The number of benzene rings is 2. The molecule has 25 heavy (non-hydrogen) atoms. The minimum atomic E-state index is -0.0877. The highest BCUT2D eigenvalue weighted by Gasteiger charge is 2.04. The highest BCUT2D eigenvalue weighted by molar-refractivity contribution is 5.77. The Kier molecular flexibility index (Phi) is 7.33. The molecule has 0 atom stereocenters. The highest BCUT2D eigenvalue weighted by atomic mass is 16.5. The Morgan fingerprint density at radius 3 is 2.40 bits per heavy atom. The van der Waals surface area contributed by atoms with Gasteiger partial charge in [0.1, 0.15) is 5.75 Å². The third kappa shape index (κ3) is 6.49. The first-order valence-corrected chi connectivity index (χ1v) is 8.82. The predicted molar refractivity (Wildman–Crippen MR) is 103 cm³/mol. The number of carbonyl (C=O) groups is 1. The number of anilines is 1. The van der Waals surface area contributed by atoms with Crippen LogP contribution in [-0.2, 0) is 4.79 Å². The van der Waals surface area contributed by atoms with Crippen molar-refractivity contribution in [2.24, 2.45) is 0 Å². The molecule has 0 unspecified atom stereocenters. The summed E-state index contributed by atoms with van der Waals surface area (Å²) >= 11 is 0. The van der Waals surface area contributed by atoms with E-state index in [0.29, 0.717) is 12.5 Å². The third-order valence-corrected chi connectivity index (χ3v) is 4.11. The van der Waals surface area contributed by atoms with E-state index in [0.717, 1.165) is 18.7 Å². The number of ether oxygens (including phenoxy) is 1. The van der Waals surface area contributed by atoms with E-state index in [2.05, 4.69) is 43.2 Å². The topological polar surface area (TPSA) is 41.6 Å². The lowest BCUT2D eigenvalue weighted by atomic mass is 10.0. The van der Waals surface area contributed by atoms with Crippen LogP contribution in [0, 0.1) is 0 Å². The summed E-state index contributed by atoms with van der Waals surface area (Å²) in [5.74, 6) is 1.13. The Bertz CT molecular complexity index is 639. The maximum absolute atomic E-state index is 11.9. The normalized spacial score (nSPS) is 10.6. The first-order chi connectivity index (χ1) is 12.1. The number of carbonyl (C=O) groups excluding carboxylic acids is 1. The Labute approximate surface area is 150 Å². The van der Waals surface area contributed by atoms with Gasteiger partial charge in [-0.2, -0.15) is 0 Å². The molecule has 134 valence electrons. The standard InChI is InChI=1S/C21H28N2O2/c1-17(2)18-10-12-20(13-11-18)25-16-21(24)22-14-7-15-23(3)19-8-5-4-6-9-19/h4-6,8-13,17H,7,14-16H2,1-3H3,(H,22,24). The van der Waals surface area contributed by atoms with Gasteiger partial charge in [-0.05, 0) is 42.2 Å². The third-order valence-electron chi connectivity index (χ3n) is 4.11. The van der Waals surface area contributed by atoms with Gasteiger partial charge in [0, 0.05) is 25.8 Å². The van der Waals surface area contributed by atoms with Crippen LogP contribution in [0.2, 0.25) is 0 Å². The number of nitrogens with zero attached hydrogens (tertiary/aromatic N) is 1. The molecule has 0 saturated carbocycles. The molecule has 1 amide bonds. The maximum Gasteiger partial charge on any atom is 0.257 e. The number of hydrogen-bond donors (Lipinski definition) is 1. The summed E-state index contributed by atoms with van der Waals surface area (Å²) in [5, 5.41) is 2.90. The fourth-order valence-electron chi connectivity index (χ4n) is 2.50. The molecule has 0 saturated heterocycles. The maximum atomic E-state index is 11.9. The Morgan fingerprint density at radius 1 is 1.08 bits per heavy atom. The minimum Gasteiger partial charge on any atom is -0.484 e. The second kappa shape index (κ2) is 9.72. The average Bonchev–Trinajstić information content (AvgIpc) is 2.64. The van der Waals surface area contributed by atoms with Gasteiger partial charge in [-0.15, -0.1) is 0 Å². The summed E-state index contributed by atoms with van der Waals surface area (Å²) in [6, 6.07) is 18.1. The molecule has 4 heteroatoms. The van der Waals surface area contributed by atoms with Crippen LogP contribution in [0.1, 0.15) is 31.7 Å². The summed E-state index contributed by atoms with van der Waals surface area (Å²) in [4.78, 5) is 14.0. The van der Waals surface area contributed by atoms with Gasteiger partial charge in [-0.25, -0.2) is 0 Å². The lowest BCUT2D eigenvalue weighted by Crippen LogP contribution is -2.31. The van der Waals surface area contributed by atoms with E-state index in [1.165, 1.54) is 11.3 Å². The van der Waals surface area contributed by atoms with Gasteiger partial charge in [0.15, 0.2) is 6.61 Å². The van der Waals surface area contributed by atoms with Crippen molar-refractivity contribution in [2.75, 3.05) is 31.6 Å². The molecule has 2 rings (SSSR count). The van der Waals surface area contributed by atoms with Crippen molar-refractivity contribution < 1.29 is 9.53 Å². The SMILES string of the molecule is CC(C)c1ccc(OCC(=O)NCCCN(C)c2ccccc2)cc1. The fourth-order valence-corrected chi connectivity index (χ4v) is 2.50. The molecular weight excluding hydrogens is 312 g/mol. The highest BCUT2D eigenvalue weighted by Crippen LogP contribution is 2.18. The number of rotatable bonds is 9. The summed E-state index contributed by atoms with van der Waals surface area (Å²) in [6.45, 7) is 5.89. The van der Waals surface area contributed by atoms with Crippen molar-refractivity contribution in [1.29, 1.82) is 0 Å². The predicted octanol–water partition coefficient (Wildman–Crippen LogP) is 3.83. The largest absolute Gasteiger partial charge is 0.484 e. The molecule has 0 aliphatic carbocycles. The van der Waals surface area contributed by atoms with Gasteiger partial charge in [0.2, 0.25) is 0 Å². The molecule has 4 nitrogen and oxygen atoms in total. The molecule has 0 spiro atoms. The Balaban J connectivity index is 1.62. The molecule has 2 aromatic carbocycles. The first-order valence-electron chi connectivity index (χ1n) is 8.82. The number of amides is 1. The van der Waals surface area contributed by atoms with Crippen LogP contribution >= 0.6 is 0 Å². The van der Waals surface area contributed by atoms with Crippen LogP contribution in [0.4, 0.5) is 5.69 Å². The lowest BCUT2D eigenvalue weighted by molar-refractivity contribution is -0.123. The van der Waals surface area contributed by atoms with E-state index in [1.807, 2.05) is 42.5 Å². The average molecular weight is 340 g/mol. The molecule has 0 bridgehead atoms. The van der Waals surface area contributed by atoms with Crippen molar-refractivity contribution >= 4 is 11.6 Å². The zero-order valence-electron chi connectivity index (χ0n) is 15.4. The quantitative estimate of drug-likeness (QED) is 0.705. The Morgan fingerprint density at radius 2 is 1.76 bits per heavy atom. The van der Waals surface area contributed by atoms with Crippen LogP contribution in [0.25, 0.3) is 0 Å². The van der Waals surface area contributed by atoms with Crippen LogP contribution in [0.5, 0.6) is 5.75 Å². The van der Waals surface area contributed by atoms with Crippen LogP contribution < -0.4 is 15.0 Å². The van der Waals surface area contributed by atoms with E-state index < -0.39 is 0 Å². The fraction of sp³-hybridized carbons (Fsp3) is 0.381. The van der Waals surface area contributed by atoms with Crippen molar-refractivity contribution in [1.82, 2.24) is 5.32 Å². The van der Waals surface area contributed by atoms with Gasteiger partial charge in [0.05, 0.1) is 0 Å². The van der Waals surface area contributed by atoms with E-state index in [1.54, 1.807) is 0 Å².